The molecule has 0 N–H and O–H groups in total. The van der Waals surface area contributed by atoms with Crippen molar-refractivity contribution in [3.8, 4) is 0 Å². The molecule has 0 atom stereocenters. The largest absolute Gasteiger partial charge is 0.275 e. The third kappa shape index (κ3) is 3.90. The molecular weight excluding hydrogens is 325 g/mol. The molecule has 1 rings (SSSR count). The zero-order valence-electron chi connectivity index (χ0n) is 8.18. The number of hydrogen-bond donors (Lipinski definition) is 0. The van der Waals surface area contributed by atoms with Gasteiger partial charge in [0.2, 0.25) is 0 Å². The van der Waals surface area contributed by atoms with Crippen LogP contribution in [0.1, 0.15) is 5.56 Å². The third-order valence-electron chi connectivity index (χ3n) is 1.78. The molecule has 1 aromatic rings. The van der Waals surface area contributed by atoms with E-state index in [4.69, 9.17) is 58.0 Å². The summed E-state index contributed by atoms with van der Waals surface area (Å²) in [6.45, 7) is 0. The van der Waals surface area contributed by atoms with Gasteiger partial charge in [0.15, 0.2) is 0 Å². The Hall–Kier alpha value is -0.180. The van der Waals surface area contributed by atoms with E-state index in [2.05, 4.69) is 0 Å². The van der Waals surface area contributed by atoms with Crippen LogP contribution in [-0.2, 0) is 4.79 Å². The molecule has 0 aliphatic rings. The van der Waals surface area contributed by atoms with Crippen LogP contribution in [0.5, 0.6) is 0 Å². The van der Waals surface area contributed by atoms with Crippen molar-refractivity contribution in [3.05, 3.63) is 51.0 Å². The maximum atomic E-state index is 10.8. The van der Waals surface area contributed by atoms with Crippen LogP contribution in [0.25, 0.3) is 5.03 Å². The summed E-state index contributed by atoms with van der Waals surface area (Å²) in [5.41, 5.74) is 0.656. The lowest BCUT2D eigenvalue weighted by molar-refractivity contribution is -0.108. The van der Waals surface area contributed by atoms with Gasteiger partial charge in [0.05, 0.1) is 15.1 Å². The predicted octanol–water partition coefficient (Wildman–Crippen LogP) is 5.29. The number of halogens is 5. The molecule has 90 valence electrons. The Morgan fingerprint density at radius 2 is 1.29 bits per heavy atom. The summed E-state index contributed by atoms with van der Waals surface area (Å²) in [5.74, 6) is 0. The molecule has 6 heteroatoms. The van der Waals surface area contributed by atoms with Gasteiger partial charge in [-0.1, -0.05) is 76.7 Å². The van der Waals surface area contributed by atoms with Crippen molar-refractivity contribution in [1.29, 1.82) is 0 Å². The number of benzene rings is 1. The van der Waals surface area contributed by atoms with Crippen LogP contribution < -0.4 is 0 Å². The van der Waals surface area contributed by atoms with Crippen molar-refractivity contribution < 1.29 is 4.79 Å². The van der Waals surface area contributed by atoms with Crippen molar-refractivity contribution in [2.75, 3.05) is 0 Å². The average molecular weight is 330 g/mol. The van der Waals surface area contributed by atoms with Crippen molar-refractivity contribution in [1.82, 2.24) is 0 Å². The molecule has 1 nitrogen and oxygen atoms in total. The minimum absolute atomic E-state index is 0.0291. The highest BCUT2D eigenvalue weighted by molar-refractivity contribution is 6.76. The Kier molecular flexibility index (Phi) is 5.84. The fourth-order valence-corrected chi connectivity index (χ4v) is 1.93. The predicted molar refractivity (Wildman–Crippen MR) is 74.7 cm³/mol. The molecule has 17 heavy (non-hydrogen) atoms. The van der Waals surface area contributed by atoms with Crippen LogP contribution in [0, 0.1) is 0 Å². The highest BCUT2D eigenvalue weighted by Gasteiger charge is 2.15. The van der Waals surface area contributed by atoms with Gasteiger partial charge in [-0.05, 0) is 17.2 Å². The fourth-order valence-electron chi connectivity index (χ4n) is 0.990. The van der Waals surface area contributed by atoms with Crippen molar-refractivity contribution in [2.24, 2.45) is 0 Å². The van der Waals surface area contributed by atoms with Crippen molar-refractivity contribution in [2.45, 2.75) is 0 Å². The van der Waals surface area contributed by atoms with E-state index in [9.17, 15) is 4.79 Å². The summed E-state index contributed by atoms with van der Waals surface area (Å²) in [4.78, 5) is 10.8. The van der Waals surface area contributed by atoms with E-state index in [0.717, 1.165) is 0 Å². The van der Waals surface area contributed by atoms with E-state index in [1.807, 2.05) is 6.07 Å². The quantitative estimate of drug-likeness (QED) is 0.418. The molecular formula is C11H5Cl5O. The lowest BCUT2D eigenvalue weighted by atomic mass is 10.2. The third-order valence-corrected chi connectivity index (χ3v) is 3.88. The standard InChI is InChI=1S/C11H5Cl5O/c12-7(6-4-2-1-3-5-6)8(13)9(14)10(15)11(16)17/h1-5H/b8-7+,10-9+. The monoisotopic (exact) mass is 328 g/mol. The lowest BCUT2D eigenvalue weighted by Gasteiger charge is -2.04. The second-order valence-corrected chi connectivity index (χ2v) is 4.75. The number of allylic oxidation sites excluding steroid dienone is 3. The Morgan fingerprint density at radius 3 is 1.76 bits per heavy atom. The van der Waals surface area contributed by atoms with E-state index >= 15 is 0 Å². The molecule has 0 radical (unpaired) electrons. The van der Waals surface area contributed by atoms with Crippen LogP contribution in [0.4, 0.5) is 0 Å². The number of carbonyl (C=O) groups is 1. The molecule has 0 spiro atoms. The summed E-state index contributed by atoms with van der Waals surface area (Å²) in [7, 11) is 0. The highest BCUT2D eigenvalue weighted by Crippen LogP contribution is 2.35. The molecule has 0 unspecified atom stereocenters. The van der Waals surface area contributed by atoms with E-state index in [-0.39, 0.29) is 20.1 Å². The molecule has 0 saturated heterocycles. The van der Waals surface area contributed by atoms with Gasteiger partial charge in [0.1, 0.15) is 5.03 Å². The van der Waals surface area contributed by atoms with E-state index in [0.29, 0.717) is 5.56 Å². The van der Waals surface area contributed by atoms with Gasteiger partial charge in [-0.2, -0.15) is 0 Å². The summed E-state index contributed by atoms with van der Waals surface area (Å²) in [6, 6.07) is 8.88. The Labute approximate surface area is 124 Å². The first-order chi connectivity index (χ1) is 7.95. The van der Waals surface area contributed by atoms with Gasteiger partial charge < -0.3 is 0 Å². The minimum Gasteiger partial charge on any atom is -0.275 e. The second-order valence-electron chi connectivity index (χ2n) is 2.90. The molecule has 0 bridgehead atoms. The molecule has 0 saturated carbocycles. The average Bonchev–Trinajstić information content (AvgIpc) is 2.36. The lowest BCUT2D eigenvalue weighted by Crippen LogP contribution is -1.90. The SMILES string of the molecule is O=C(Cl)/C(Cl)=C(Cl)/C(Cl)=C(\Cl)c1ccccc1. The zero-order valence-corrected chi connectivity index (χ0v) is 12.0. The number of carbonyl (C=O) groups excluding carboxylic acids is 1. The molecule has 0 heterocycles. The molecule has 0 aliphatic heterocycles. The van der Waals surface area contributed by atoms with Crippen LogP contribution in [-0.4, -0.2) is 5.24 Å². The fraction of sp³-hybridized carbons (Fsp3) is 0. The van der Waals surface area contributed by atoms with Crippen LogP contribution in [0.15, 0.2) is 45.4 Å². The molecule has 1 aromatic carbocycles. The smallest absolute Gasteiger partial charge is 0.265 e. The first-order valence-corrected chi connectivity index (χ1v) is 6.20. The minimum atomic E-state index is -0.896. The van der Waals surface area contributed by atoms with Gasteiger partial charge in [-0.25, -0.2) is 0 Å². The molecule has 0 amide bonds. The number of rotatable bonds is 3. The van der Waals surface area contributed by atoms with E-state index in [1.165, 1.54) is 0 Å². The maximum absolute atomic E-state index is 10.8. The molecule has 0 aliphatic carbocycles. The van der Waals surface area contributed by atoms with Crippen molar-refractivity contribution >= 4 is 68.3 Å². The van der Waals surface area contributed by atoms with Crippen LogP contribution in [0.3, 0.4) is 0 Å². The maximum Gasteiger partial charge on any atom is 0.265 e. The summed E-state index contributed by atoms with van der Waals surface area (Å²) in [5, 5.41) is -1.28. The summed E-state index contributed by atoms with van der Waals surface area (Å²) < 4.78 is 0. The summed E-state index contributed by atoms with van der Waals surface area (Å²) in [6.07, 6.45) is 0. The second kappa shape index (κ2) is 6.67. The Morgan fingerprint density at radius 1 is 0.765 bits per heavy atom. The zero-order chi connectivity index (χ0) is 13.0. The van der Waals surface area contributed by atoms with Crippen molar-refractivity contribution in [3.63, 3.8) is 0 Å². The molecule has 0 fully saturated rings. The van der Waals surface area contributed by atoms with Gasteiger partial charge in [0, 0.05) is 0 Å². The number of hydrogen-bond acceptors (Lipinski definition) is 1. The van der Waals surface area contributed by atoms with Gasteiger partial charge in [-0.15, -0.1) is 0 Å². The first kappa shape index (κ1) is 14.9. The Balaban J connectivity index is 3.24. The van der Waals surface area contributed by atoms with Gasteiger partial charge in [0.25, 0.3) is 5.24 Å². The van der Waals surface area contributed by atoms with Crippen LogP contribution >= 0.6 is 58.0 Å². The normalized spacial score (nSPS) is 13.9. The van der Waals surface area contributed by atoms with Crippen LogP contribution in [0.2, 0.25) is 0 Å². The first-order valence-electron chi connectivity index (χ1n) is 4.31. The highest BCUT2D eigenvalue weighted by atomic mass is 35.5. The van der Waals surface area contributed by atoms with Gasteiger partial charge >= 0.3 is 0 Å². The topological polar surface area (TPSA) is 17.1 Å². The van der Waals surface area contributed by atoms with E-state index < -0.39 is 5.24 Å². The Bertz CT molecular complexity index is 490. The van der Waals surface area contributed by atoms with E-state index in [1.54, 1.807) is 24.3 Å². The summed E-state index contributed by atoms with van der Waals surface area (Å²) >= 11 is 28.5. The molecule has 0 aromatic heterocycles. The van der Waals surface area contributed by atoms with Gasteiger partial charge in [-0.3, -0.25) is 4.79 Å².